The molecule has 1 aromatic carbocycles. The van der Waals surface area contributed by atoms with Gasteiger partial charge in [-0.15, -0.1) is 0 Å². The molecule has 0 saturated carbocycles. The minimum Gasteiger partial charge on any atom is -0.390 e. The molecule has 0 aliphatic heterocycles. The molecule has 1 unspecified atom stereocenters. The van der Waals surface area contributed by atoms with Crippen molar-refractivity contribution in [1.82, 2.24) is 0 Å². The van der Waals surface area contributed by atoms with Gasteiger partial charge in [-0.05, 0) is 39.3 Å². The van der Waals surface area contributed by atoms with Crippen LogP contribution in [0, 0.1) is 6.92 Å². The third-order valence-corrected chi connectivity index (χ3v) is 3.32. The van der Waals surface area contributed by atoms with Crippen LogP contribution >= 0.6 is 12.0 Å². The molecule has 0 bridgehead atoms. The highest BCUT2D eigenvalue weighted by molar-refractivity contribution is 7.94. The van der Waals surface area contributed by atoms with Gasteiger partial charge in [-0.1, -0.05) is 24.6 Å². The molecule has 2 nitrogen and oxygen atoms in total. The molecule has 3 heteroatoms. The fraction of sp³-hybridized carbons (Fsp3) is 0.571. The van der Waals surface area contributed by atoms with Crippen LogP contribution in [0.25, 0.3) is 0 Å². The van der Waals surface area contributed by atoms with Crippen LogP contribution in [-0.2, 0) is 4.18 Å². The lowest BCUT2D eigenvalue weighted by molar-refractivity contribution is 0.0318. The van der Waals surface area contributed by atoms with Crippen molar-refractivity contribution in [2.24, 2.45) is 0 Å². The minimum absolute atomic E-state index is 0.0845. The Morgan fingerprint density at radius 1 is 1.29 bits per heavy atom. The standard InChI is InChI=1S/C14H22O2S/c1-5-12(10-14(3,4)15)16-17-13-8-6-11(2)7-9-13/h6-9,12,15H,5,10H2,1-4H3. The Hall–Kier alpha value is -0.510. The van der Waals surface area contributed by atoms with Crippen LogP contribution in [-0.4, -0.2) is 16.8 Å². The first-order valence-electron chi connectivity index (χ1n) is 6.03. The summed E-state index contributed by atoms with van der Waals surface area (Å²) in [4.78, 5) is 1.10. The molecule has 17 heavy (non-hydrogen) atoms. The summed E-state index contributed by atoms with van der Waals surface area (Å²) in [7, 11) is 0. The molecule has 0 spiro atoms. The average molecular weight is 254 g/mol. The monoisotopic (exact) mass is 254 g/mol. The first-order valence-corrected chi connectivity index (χ1v) is 6.77. The van der Waals surface area contributed by atoms with E-state index in [-0.39, 0.29) is 6.10 Å². The minimum atomic E-state index is -0.672. The van der Waals surface area contributed by atoms with E-state index in [9.17, 15) is 5.11 Å². The summed E-state index contributed by atoms with van der Waals surface area (Å²) in [6.07, 6.45) is 1.65. The van der Waals surface area contributed by atoms with Gasteiger partial charge in [0.1, 0.15) is 0 Å². The highest BCUT2D eigenvalue weighted by atomic mass is 32.2. The third kappa shape index (κ3) is 6.10. The van der Waals surface area contributed by atoms with Crippen LogP contribution in [0.1, 0.15) is 39.2 Å². The normalized spacial score (nSPS) is 13.7. The molecule has 0 aromatic heterocycles. The lowest BCUT2D eigenvalue weighted by atomic mass is 10.00. The summed E-state index contributed by atoms with van der Waals surface area (Å²) >= 11 is 1.39. The van der Waals surface area contributed by atoms with E-state index < -0.39 is 5.60 Å². The maximum Gasteiger partial charge on any atom is 0.0751 e. The summed E-state index contributed by atoms with van der Waals surface area (Å²) < 4.78 is 5.75. The van der Waals surface area contributed by atoms with Crippen molar-refractivity contribution < 1.29 is 9.29 Å². The summed E-state index contributed by atoms with van der Waals surface area (Å²) in [5, 5.41) is 9.76. The number of aliphatic hydroxyl groups is 1. The van der Waals surface area contributed by atoms with E-state index in [0.29, 0.717) is 6.42 Å². The topological polar surface area (TPSA) is 29.5 Å². The molecule has 1 N–H and O–H groups in total. The van der Waals surface area contributed by atoms with Crippen LogP contribution in [0.3, 0.4) is 0 Å². The van der Waals surface area contributed by atoms with Crippen molar-refractivity contribution in [2.75, 3.05) is 0 Å². The molecule has 1 atom stereocenters. The zero-order valence-electron chi connectivity index (χ0n) is 11.1. The van der Waals surface area contributed by atoms with Gasteiger partial charge in [-0.25, -0.2) is 0 Å². The van der Waals surface area contributed by atoms with Gasteiger partial charge >= 0.3 is 0 Å². The van der Waals surface area contributed by atoms with Crippen LogP contribution in [0.4, 0.5) is 0 Å². The smallest absolute Gasteiger partial charge is 0.0751 e. The summed E-state index contributed by atoms with van der Waals surface area (Å²) in [5.74, 6) is 0. The van der Waals surface area contributed by atoms with Gasteiger partial charge in [0.25, 0.3) is 0 Å². The first kappa shape index (κ1) is 14.6. The quantitative estimate of drug-likeness (QED) is 0.779. The SMILES string of the molecule is CCC(CC(C)(C)O)OSc1ccc(C)cc1. The molecule has 0 heterocycles. The van der Waals surface area contributed by atoms with E-state index in [2.05, 4.69) is 38.1 Å². The highest BCUT2D eigenvalue weighted by Crippen LogP contribution is 2.25. The van der Waals surface area contributed by atoms with Gasteiger partial charge < -0.3 is 9.29 Å². The van der Waals surface area contributed by atoms with Gasteiger partial charge in [0.2, 0.25) is 0 Å². The average Bonchev–Trinajstić information content (AvgIpc) is 2.25. The predicted octanol–water partition coefficient (Wildman–Crippen LogP) is 3.96. The Morgan fingerprint density at radius 3 is 2.35 bits per heavy atom. The molecule has 0 aliphatic rings. The summed E-state index contributed by atoms with van der Waals surface area (Å²) in [6, 6.07) is 8.25. The molecular formula is C14H22O2S. The summed E-state index contributed by atoms with van der Waals surface area (Å²) in [6.45, 7) is 7.77. The van der Waals surface area contributed by atoms with Gasteiger partial charge in [0.15, 0.2) is 0 Å². The molecule has 0 aliphatic carbocycles. The van der Waals surface area contributed by atoms with Gasteiger partial charge in [0, 0.05) is 23.4 Å². The second kappa shape index (κ2) is 6.43. The van der Waals surface area contributed by atoms with E-state index in [1.165, 1.54) is 17.6 Å². The van der Waals surface area contributed by atoms with Gasteiger partial charge in [0.05, 0.1) is 11.7 Å². The molecule has 1 aromatic rings. The van der Waals surface area contributed by atoms with Crippen molar-refractivity contribution in [3.8, 4) is 0 Å². The Morgan fingerprint density at radius 2 is 1.88 bits per heavy atom. The molecule has 1 rings (SSSR count). The molecule has 0 radical (unpaired) electrons. The molecular weight excluding hydrogens is 232 g/mol. The predicted molar refractivity (Wildman–Crippen MR) is 73.1 cm³/mol. The van der Waals surface area contributed by atoms with Crippen LogP contribution in [0.5, 0.6) is 0 Å². The Kier molecular flexibility index (Phi) is 5.50. The van der Waals surface area contributed by atoms with E-state index in [1.54, 1.807) is 0 Å². The van der Waals surface area contributed by atoms with E-state index >= 15 is 0 Å². The van der Waals surface area contributed by atoms with Crippen molar-refractivity contribution in [1.29, 1.82) is 0 Å². The Labute approximate surface area is 109 Å². The maximum atomic E-state index is 9.76. The van der Waals surface area contributed by atoms with E-state index in [1.807, 2.05) is 13.8 Å². The summed E-state index contributed by atoms with van der Waals surface area (Å²) in [5.41, 5.74) is 0.576. The van der Waals surface area contributed by atoms with Crippen molar-refractivity contribution in [3.05, 3.63) is 29.8 Å². The molecule has 0 saturated heterocycles. The molecule has 0 amide bonds. The second-order valence-electron chi connectivity index (χ2n) is 5.04. The maximum absolute atomic E-state index is 9.76. The zero-order valence-corrected chi connectivity index (χ0v) is 11.9. The fourth-order valence-corrected chi connectivity index (χ4v) is 2.22. The lowest BCUT2D eigenvalue weighted by Gasteiger charge is -2.23. The van der Waals surface area contributed by atoms with Crippen LogP contribution < -0.4 is 0 Å². The van der Waals surface area contributed by atoms with Gasteiger partial charge in [-0.3, -0.25) is 0 Å². The van der Waals surface area contributed by atoms with E-state index in [0.717, 1.165) is 11.3 Å². The Bertz CT molecular complexity index is 327. The highest BCUT2D eigenvalue weighted by Gasteiger charge is 2.20. The number of aryl methyl sites for hydroxylation is 1. The van der Waals surface area contributed by atoms with Crippen LogP contribution in [0.2, 0.25) is 0 Å². The lowest BCUT2D eigenvalue weighted by Crippen LogP contribution is -2.26. The number of rotatable bonds is 6. The number of hydrogen-bond acceptors (Lipinski definition) is 3. The Balaban J connectivity index is 2.45. The number of benzene rings is 1. The van der Waals surface area contributed by atoms with Crippen LogP contribution in [0.15, 0.2) is 29.2 Å². The van der Waals surface area contributed by atoms with Crippen molar-refractivity contribution in [3.63, 3.8) is 0 Å². The van der Waals surface area contributed by atoms with Crippen molar-refractivity contribution >= 4 is 12.0 Å². The largest absolute Gasteiger partial charge is 0.390 e. The second-order valence-corrected chi connectivity index (χ2v) is 5.87. The first-order chi connectivity index (χ1) is 7.90. The number of hydrogen-bond donors (Lipinski definition) is 1. The van der Waals surface area contributed by atoms with E-state index in [4.69, 9.17) is 4.18 Å². The fourth-order valence-electron chi connectivity index (χ4n) is 1.52. The van der Waals surface area contributed by atoms with Gasteiger partial charge in [-0.2, -0.15) is 0 Å². The molecule has 0 fully saturated rings. The zero-order chi connectivity index (χ0) is 12.9. The molecule has 96 valence electrons. The van der Waals surface area contributed by atoms with Crippen molar-refractivity contribution in [2.45, 2.75) is 57.1 Å². The third-order valence-electron chi connectivity index (χ3n) is 2.48.